The topological polar surface area (TPSA) is 72.0 Å². The molecular weight excluding hydrogens is 377 g/mol. The Balaban J connectivity index is 1.89. The van der Waals surface area contributed by atoms with Gasteiger partial charge in [0.05, 0.1) is 17.8 Å². The van der Waals surface area contributed by atoms with Crippen LogP contribution in [0.15, 0.2) is 24.4 Å². The molecule has 2 aromatic rings. The van der Waals surface area contributed by atoms with Crippen LogP contribution in [0.5, 0.6) is 0 Å². The van der Waals surface area contributed by atoms with Crippen LogP contribution in [-0.4, -0.2) is 60.3 Å². The lowest BCUT2D eigenvalue weighted by Gasteiger charge is -2.37. The first-order valence-electron chi connectivity index (χ1n) is 9.68. The summed E-state index contributed by atoms with van der Waals surface area (Å²) in [4.78, 5) is 32.7. The highest BCUT2D eigenvalue weighted by Crippen LogP contribution is 2.31. The Bertz CT molecular complexity index is 918. The number of carbonyl (C=O) groups excluding carboxylic acids is 2. The summed E-state index contributed by atoms with van der Waals surface area (Å²) in [5.74, 6) is -0.870. The number of hydrogen-bond acceptors (Lipinski definition) is 6. The normalized spacial score (nSPS) is 14.8. The first-order valence-corrected chi connectivity index (χ1v) is 9.68. The highest BCUT2D eigenvalue weighted by molar-refractivity contribution is 6.05. The van der Waals surface area contributed by atoms with Gasteiger partial charge in [0.15, 0.2) is 0 Å². The third-order valence-corrected chi connectivity index (χ3v) is 4.55. The van der Waals surface area contributed by atoms with E-state index < -0.39 is 17.4 Å². The number of esters is 1. The number of amides is 1. The van der Waals surface area contributed by atoms with Crippen molar-refractivity contribution < 1.29 is 23.5 Å². The van der Waals surface area contributed by atoms with Crippen LogP contribution in [0.25, 0.3) is 10.9 Å². The molecule has 1 aromatic heterocycles. The van der Waals surface area contributed by atoms with Crippen LogP contribution >= 0.6 is 0 Å². The minimum atomic E-state index is -0.559. The van der Waals surface area contributed by atoms with E-state index in [1.165, 1.54) is 18.3 Å². The van der Waals surface area contributed by atoms with Gasteiger partial charge in [-0.15, -0.1) is 0 Å². The minimum Gasteiger partial charge on any atom is -0.462 e. The predicted octanol–water partition coefficient (Wildman–Crippen LogP) is 3.61. The molecule has 8 heteroatoms. The summed E-state index contributed by atoms with van der Waals surface area (Å²) in [7, 11) is 0. The molecule has 1 saturated heterocycles. The number of pyridine rings is 1. The molecule has 29 heavy (non-hydrogen) atoms. The molecular formula is C21H26FN3O4. The van der Waals surface area contributed by atoms with E-state index in [1.807, 2.05) is 25.7 Å². The van der Waals surface area contributed by atoms with E-state index >= 15 is 0 Å². The summed E-state index contributed by atoms with van der Waals surface area (Å²) in [6, 6.07) is 4.31. The molecule has 0 unspecified atom stereocenters. The minimum absolute atomic E-state index is 0.242. The van der Waals surface area contributed by atoms with Crippen LogP contribution in [0, 0.1) is 5.82 Å². The maximum Gasteiger partial charge on any atom is 0.410 e. The van der Waals surface area contributed by atoms with Crippen molar-refractivity contribution in [2.45, 2.75) is 33.3 Å². The van der Waals surface area contributed by atoms with E-state index in [4.69, 9.17) is 9.47 Å². The summed E-state index contributed by atoms with van der Waals surface area (Å²) >= 11 is 0. The van der Waals surface area contributed by atoms with Crippen LogP contribution in [0.3, 0.4) is 0 Å². The number of fused-ring (bicyclic) bond motifs is 1. The van der Waals surface area contributed by atoms with Crippen molar-refractivity contribution >= 4 is 28.7 Å². The molecule has 3 rings (SSSR count). The van der Waals surface area contributed by atoms with E-state index in [2.05, 4.69) is 4.98 Å². The molecule has 0 radical (unpaired) electrons. The Kier molecular flexibility index (Phi) is 5.91. The Morgan fingerprint density at radius 1 is 1.17 bits per heavy atom. The van der Waals surface area contributed by atoms with Gasteiger partial charge in [-0.2, -0.15) is 0 Å². The molecule has 0 atom stereocenters. The van der Waals surface area contributed by atoms with Gasteiger partial charge in [0.1, 0.15) is 17.0 Å². The second-order valence-corrected chi connectivity index (χ2v) is 7.86. The summed E-state index contributed by atoms with van der Waals surface area (Å²) in [6.45, 7) is 9.36. The molecule has 0 saturated carbocycles. The van der Waals surface area contributed by atoms with Gasteiger partial charge in [-0.3, -0.25) is 4.98 Å². The number of halogens is 1. The first-order chi connectivity index (χ1) is 13.7. The molecule has 1 aromatic carbocycles. The second kappa shape index (κ2) is 8.23. The van der Waals surface area contributed by atoms with Gasteiger partial charge < -0.3 is 19.3 Å². The molecule has 0 aliphatic carbocycles. The number of carbonyl (C=O) groups is 2. The van der Waals surface area contributed by atoms with Crippen LogP contribution in [-0.2, 0) is 9.47 Å². The van der Waals surface area contributed by atoms with Gasteiger partial charge in [0.2, 0.25) is 0 Å². The average molecular weight is 403 g/mol. The number of aromatic nitrogens is 1. The average Bonchev–Trinajstić information content (AvgIpc) is 2.66. The van der Waals surface area contributed by atoms with Crippen LogP contribution in [0.4, 0.5) is 14.9 Å². The maximum atomic E-state index is 13.7. The van der Waals surface area contributed by atoms with Crippen LogP contribution in [0.1, 0.15) is 38.1 Å². The lowest BCUT2D eigenvalue weighted by molar-refractivity contribution is 0.0239. The summed E-state index contributed by atoms with van der Waals surface area (Å²) < 4.78 is 24.3. The fourth-order valence-electron chi connectivity index (χ4n) is 3.29. The van der Waals surface area contributed by atoms with Crippen molar-refractivity contribution in [2.75, 3.05) is 37.7 Å². The zero-order chi connectivity index (χ0) is 21.2. The zero-order valence-electron chi connectivity index (χ0n) is 17.2. The molecule has 156 valence electrons. The molecule has 1 amide bonds. The fourth-order valence-corrected chi connectivity index (χ4v) is 3.29. The van der Waals surface area contributed by atoms with Crippen molar-refractivity contribution in [3.63, 3.8) is 0 Å². The smallest absolute Gasteiger partial charge is 0.410 e. The van der Waals surface area contributed by atoms with Gasteiger partial charge in [-0.1, -0.05) is 0 Å². The molecule has 2 heterocycles. The Labute approximate surface area is 169 Å². The number of anilines is 1. The predicted molar refractivity (Wildman–Crippen MR) is 108 cm³/mol. The van der Waals surface area contributed by atoms with Crippen molar-refractivity contribution in [3.8, 4) is 0 Å². The van der Waals surface area contributed by atoms with E-state index in [0.29, 0.717) is 48.3 Å². The third kappa shape index (κ3) is 4.75. The Morgan fingerprint density at radius 3 is 2.48 bits per heavy atom. The van der Waals surface area contributed by atoms with Gasteiger partial charge in [-0.25, -0.2) is 14.0 Å². The summed E-state index contributed by atoms with van der Waals surface area (Å²) in [5.41, 5.74) is 0.882. The standard InChI is InChI=1S/C21H26FN3O4/c1-5-28-19(26)16-13-23-17-12-14(22)6-7-15(17)18(16)24-8-10-25(11-9-24)20(27)29-21(2,3)4/h6-7,12-13H,5,8-11H2,1-4H3. The van der Waals surface area contributed by atoms with Crippen molar-refractivity contribution in [3.05, 3.63) is 35.8 Å². The maximum absolute atomic E-state index is 13.7. The van der Waals surface area contributed by atoms with Gasteiger partial charge >= 0.3 is 12.1 Å². The number of rotatable bonds is 3. The first kappa shape index (κ1) is 20.8. The molecule has 1 aliphatic heterocycles. The number of benzene rings is 1. The van der Waals surface area contributed by atoms with Gasteiger partial charge in [-0.05, 0) is 39.8 Å². The number of ether oxygens (including phenoxy) is 2. The third-order valence-electron chi connectivity index (χ3n) is 4.55. The molecule has 0 spiro atoms. The second-order valence-electron chi connectivity index (χ2n) is 7.86. The number of hydrogen-bond donors (Lipinski definition) is 0. The van der Waals surface area contributed by atoms with Crippen LogP contribution in [0.2, 0.25) is 0 Å². The summed E-state index contributed by atoms with van der Waals surface area (Å²) in [5, 5.41) is 0.669. The SMILES string of the molecule is CCOC(=O)c1cnc2cc(F)ccc2c1N1CCN(C(=O)OC(C)(C)C)CC1. The number of piperazine rings is 1. The summed E-state index contributed by atoms with van der Waals surface area (Å²) in [6.07, 6.45) is 1.07. The zero-order valence-corrected chi connectivity index (χ0v) is 17.2. The monoisotopic (exact) mass is 403 g/mol. The Morgan fingerprint density at radius 2 is 1.86 bits per heavy atom. The van der Waals surface area contributed by atoms with Crippen molar-refractivity contribution in [2.24, 2.45) is 0 Å². The molecule has 0 bridgehead atoms. The quantitative estimate of drug-likeness (QED) is 0.729. The van der Waals surface area contributed by atoms with Gasteiger partial charge in [0, 0.05) is 43.8 Å². The van der Waals surface area contributed by atoms with E-state index in [1.54, 1.807) is 17.9 Å². The number of nitrogens with zero attached hydrogens (tertiary/aromatic N) is 3. The molecule has 7 nitrogen and oxygen atoms in total. The van der Waals surface area contributed by atoms with E-state index in [-0.39, 0.29) is 12.7 Å². The van der Waals surface area contributed by atoms with Crippen molar-refractivity contribution in [1.82, 2.24) is 9.88 Å². The largest absolute Gasteiger partial charge is 0.462 e. The van der Waals surface area contributed by atoms with Crippen LogP contribution < -0.4 is 4.90 Å². The van der Waals surface area contributed by atoms with Gasteiger partial charge in [0.25, 0.3) is 0 Å². The molecule has 1 fully saturated rings. The fraction of sp³-hybridized carbons (Fsp3) is 0.476. The lowest BCUT2D eigenvalue weighted by atomic mass is 10.1. The highest BCUT2D eigenvalue weighted by Gasteiger charge is 2.29. The Hall–Kier alpha value is -2.90. The van der Waals surface area contributed by atoms with E-state index in [9.17, 15) is 14.0 Å². The molecule has 0 N–H and O–H groups in total. The lowest BCUT2D eigenvalue weighted by Crippen LogP contribution is -2.50. The highest BCUT2D eigenvalue weighted by atomic mass is 19.1. The van der Waals surface area contributed by atoms with E-state index in [0.717, 1.165) is 0 Å². The molecule has 1 aliphatic rings. The van der Waals surface area contributed by atoms with Crippen molar-refractivity contribution in [1.29, 1.82) is 0 Å².